The molecular weight excluding hydrogens is 264 g/mol. The van der Waals surface area contributed by atoms with Crippen molar-refractivity contribution < 1.29 is 10.2 Å². The van der Waals surface area contributed by atoms with Gasteiger partial charge in [-0.15, -0.1) is 0 Å². The number of fused-ring (bicyclic) bond motifs is 1. The Labute approximate surface area is 123 Å². The number of hydrogen-bond acceptors (Lipinski definition) is 4. The van der Waals surface area contributed by atoms with Crippen LogP contribution in [-0.4, -0.2) is 35.7 Å². The molecule has 0 amide bonds. The largest absolute Gasteiger partial charge is 0.507 e. The number of para-hydroxylation sites is 1. The van der Waals surface area contributed by atoms with Crippen molar-refractivity contribution in [1.29, 1.82) is 0 Å². The number of hydrogen-bond donors (Lipinski definition) is 2. The second kappa shape index (κ2) is 5.79. The van der Waals surface area contributed by atoms with Gasteiger partial charge < -0.3 is 10.2 Å². The van der Waals surface area contributed by atoms with Crippen molar-refractivity contribution >= 4 is 12.4 Å². The van der Waals surface area contributed by atoms with Crippen LogP contribution in [0.1, 0.15) is 22.3 Å². The lowest BCUT2D eigenvalue weighted by molar-refractivity contribution is 0.473. The van der Waals surface area contributed by atoms with Crippen LogP contribution in [0.2, 0.25) is 0 Å². The normalized spacial score (nSPS) is 13.0. The molecule has 0 unspecified atom stereocenters. The summed E-state index contributed by atoms with van der Waals surface area (Å²) in [5.74, 6) is 0.578. The molecule has 0 heterocycles. The van der Waals surface area contributed by atoms with Crippen LogP contribution >= 0.6 is 0 Å². The van der Waals surface area contributed by atoms with Crippen LogP contribution in [0.4, 0.5) is 0 Å². The van der Waals surface area contributed by atoms with Gasteiger partial charge >= 0.3 is 0 Å². The molecule has 1 aliphatic carbocycles. The molecule has 0 fully saturated rings. The molecule has 4 nitrogen and oxygen atoms in total. The number of phenols is 2. The number of rotatable bonds is 5. The Balaban J connectivity index is 1.51. The Morgan fingerprint density at radius 1 is 0.905 bits per heavy atom. The highest BCUT2D eigenvalue weighted by molar-refractivity contribution is 5.86. The topological polar surface area (TPSA) is 65.2 Å². The van der Waals surface area contributed by atoms with E-state index >= 15 is 0 Å². The smallest absolute Gasteiger partial charge is 0.128 e. The zero-order chi connectivity index (χ0) is 14.7. The SMILES string of the molecule is Oc1ccccc1C=NCCN=Cc1ccc2c(c1O)C2. The minimum absolute atomic E-state index is 0.223. The number of benzene rings is 2. The van der Waals surface area contributed by atoms with Crippen LogP contribution in [-0.2, 0) is 6.42 Å². The van der Waals surface area contributed by atoms with Gasteiger partial charge in [-0.2, -0.15) is 0 Å². The van der Waals surface area contributed by atoms with Gasteiger partial charge in [0, 0.05) is 35.5 Å². The van der Waals surface area contributed by atoms with Gasteiger partial charge in [0.05, 0.1) is 13.1 Å². The lowest BCUT2D eigenvalue weighted by Crippen LogP contribution is -1.91. The zero-order valence-electron chi connectivity index (χ0n) is 11.5. The van der Waals surface area contributed by atoms with Crippen LogP contribution in [0.15, 0.2) is 46.4 Å². The molecule has 0 saturated carbocycles. The van der Waals surface area contributed by atoms with Crippen molar-refractivity contribution in [2.45, 2.75) is 6.42 Å². The molecule has 2 N–H and O–H groups in total. The van der Waals surface area contributed by atoms with Crippen LogP contribution in [0.3, 0.4) is 0 Å². The maximum Gasteiger partial charge on any atom is 0.128 e. The molecule has 21 heavy (non-hydrogen) atoms. The molecule has 0 aromatic heterocycles. The molecule has 0 atom stereocenters. The van der Waals surface area contributed by atoms with Crippen molar-refractivity contribution in [2.24, 2.45) is 9.98 Å². The zero-order valence-corrected chi connectivity index (χ0v) is 11.5. The minimum atomic E-state index is 0.223. The van der Waals surface area contributed by atoms with E-state index in [0.717, 1.165) is 17.5 Å². The van der Waals surface area contributed by atoms with Crippen LogP contribution in [0.5, 0.6) is 11.5 Å². The molecule has 2 aromatic rings. The fourth-order valence-corrected chi connectivity index (χ4v) is 2.13. The third kappa shape index (κ3) is 3.11. The third-order valence-electron chi connectivity index (χ3n) is 3.41. The fraction of sp³-hybridized carbons (Fsp3) is 0.176. The first-order valence-corrected chi connectivity index (χ1v) is 6.87. The summed E-state index contributed by atoms with van der Waals surface area (Å²) in [5, 5.41) is 19.5. The van der Waals surface area contributed by atoms with Gasteiger partial charge in [0.15, 0.2) is 0 Å². The van der Waals surface area contributed by atoms with Gasteiger partial charge in [-0.25, -0.2) is 0 Å². The van der Waals surface area contributed by atoms with Crippen molar-refractivity contribution in [3.05, 3.63) is 58.7 Å². The summed E-state index contributed by atoms with van der Waals surface area (Å²) in [6.45, 7) is 1.08. The highest BCUT2D eigenvalue weighted by atomic mass is 16.3. The van der Waals surface area contributed by atoms with E-state index in [1.807, 2.05) is 18.2 Å². The Morgan fingerprint density at radius 2 is 1.62 bits per heavy atom. The van der Waals surface area contributed by atoms with Gasteiger partial charge in [0.2, 0.25) is 0 Å². The summed E-state index contributed by atoms with van der Waals surface area (Å²) >= 11 is 0. The molecule has 0 spiro atoms. The second-order valence-electron chi connectivity index (χ2n) is 4.95. The Hall–Kier alpha value is -2.62. The number of aliphatic imine (C=N–C) groups is 2. The molecule has 0 aliphatic heterocycles. The molecule has 4 heteroatoms. The lowest BCUT2D eigenvalue weighted by atomic mass is 10.2. The number of nitrogens with zero attached hydrogens (tertiary/aromatic N) is 2. The maximum atomic E-state index is 9.88. The Bertz CT molecular complexity index is 721. The molecule has 1 aliphatic rings. The van der Waals surface area contributed by atoms with Crippen molar-refractivity contribution in [1.82, 2.24) is 0 Å². The summed E-state index contributed by atoms with van der Waals surface area (Å²) in [6, 6.07) is 11.0. The Morgan fingerprint density at radius 3 is 2.38 bits per heavy atom. The standard InChI is InChI=1S/C17H16N2O2/c20-16-4-2-1-3-13(16)10-18-7-8-19-11-14-6-5-12-9-15(12)17(14)21/h1-6,10-11,20-21H,7-9H2. The highest BCUT2D eigenvalue weighted by Crippen LogP contribution is 2.37. The van der Waals surface area contributed by atoms with E-state index in [-0.39, 0.29) is 5.75 Å². The molecular formula is C17H16N2O2. The van der Waals surface area contributed by atoms with E-state index in [1.165, 1.54) is 5.56 Å². The predicted molar refractivity (Wildman–Crippen MR) is 83.9 cm³/mol. The monoisotopic (exact) mass is 280 g/mol. The van der Waals surface area contributed by atoms with Crippen molar-refractivity contribution in [3.63, 3.8) is 0 Å². The second-order valence-corrected chi connectivity index (χ2v) is 4.95. The van der Waals surface area contributed by atoms with E-state index in [2.05, 4.69) is 9.98 Å². The average Bonchev–Trinajstić information content (AvgIpc) is 3.27. The van der Waals surface area contributed by atoms with Crippen LogP contribution in [0, 0.1) is 0 Å². The maximum absolute atomic E-state index is 9.88. The molecule has 2 aromatic carbocycles. The lowest BCUT2D eigenvalue weighted by Gasteiger charge is -1.97. The van der Waals surface area contributed by atoms with E-state index in [9.17, 15) is 10.2 Å². The van der Waals surface area contributed by atoms with Crippen LogP contribution < -0.4 is 0 Å². The molecule has 3 rings (SSSR count). The summed E-state index contributed by atoms with van der Waals surface area (Å²) in [5.41, 5.74) is 3.72. The number of phenolic OH excluding ortho intramolecular Hbond substituents is 2. The van der Waals surface area contributed by atoms with Gasteiger partial charge in [-0.05, 0) is 23.8 Å². The van der Waals surface area contributed by atoms with Gasteiger partial charge in [0.25, 0.3) is 0 Å². The van der Waals surface area contributed by atoms with Crippen LogP contribution in [0.25, 0.3) is 0 Å². The van der Waals surface area contributed by atoms with Gasteiger partial charge in [-0.3, -0.25) is 9.98 Å². The van der Waals surface area contributed by atoms with Gasteiger partial charge in [0.1, 0.15) is 11.5 Å². The quantitative estimate of drug-likeness (QED) is 0.557. The molecule has 0 bridgehead atoms. The van der Waals surface area contributed by atoms with Gasteiger partial charge in [-0.1, -0.05) is 18.2 Å². The predicted octanol–water partition coefficient (Wildman–Crippen LogP) is 2.54. The molecule has 106 valence electrons. The Kier molecular flexibility index (Phi) is 3.69. The van der Waals surface area contributed by atoms with E-state index in [1.54, 1.807) is 30.6 Å². The highest BCUT2D eigenvalue weighted by Gasteiger charge is 2.22. The average molecular weight is 280 g/mol. The first kappa shape index (κ1) is 13.4. The first-order valence-electron chi connectivity index (χ1n) is 6.87. The fourth-order valence-electron chi connectivity index (χ4n) is 2.13. The van der Waals surface area contributed by atoms with Crippen molar-refractivity contribution in [2.75, 3.05) is 13.1 Å². The van der Waals surface area contributed by atoms with E-state index in [4.69, 9.17) is 0 Å². The van der Waals surface area contributed by atoms with Crippen molar-refractivity contribution in [3.8, 4) is 11.5 Å². The number of aromatic hydroxyl groups is 2. The van der Waals surface area contributed by atoms with E-state index in [0.29, 0.717) is 24.4 Å². The molecule has 0 radical (unpaired) electrons. The third-order valence-corrected chi connectivity index (χ3v) is 3.41. The summed E-state index contributed by atoms with van der Waals surface area (Å²) in [4.78, 5) is 8.48. The first-order chi connectivity index (χ1) is 10.3. The minimum Gasteiger partial charge on any atom is -0.507 e. The molecule has 0 saturated heterocycles. The summed E-state index contributed by atoms with van der Waals surface area (Å²) in [7, 11) is 0. The summed E-state index contributed by atoms with van der Waals surface area (Å²) < 4.78 is 0. The van der Waals surface area contributed by atoms with E-state index < -0.39 is 0 Å². The summed E-state index contributed by atoms with van der Waals surface area (Å²) in [6.07, 6.45) is 4.22.